The van der Waals surface area contributed by atoms with Gasteiger partial charge in [0.15, 0.2) is 5.96 Å². The van der Waals surface area contributed by atoms with Crippen molar-refractivity contribution in [1.29, 1.82) is 0 Å². The lowest BCUT2D eigenvalue weighted by molar-refractivity contribution is -0.393. The number of anilines is 1. The van der Waals surface area contributed by atoms with Crippen molar-refractivity contribution in [2.75, 3.05) is 18.4 Å². The second-order valence-corrected chi connectivity index (χ2v) is 5.54. The number of hydrogen-bond donors (Lipinski definition) is 5. The predicted molar refractivity (Wildman–Crippen MR) is 99.3 cm³/mol. The Morgan fingerprint density at radius 3 is 2.36 bits per heavy atom. The van der Waals surface area contributed by atoms with E-state index in [0.29, 0.717) is 6.42 Å². The minimum Gasteiger partial charge on any atom is -0.371 e. The smallest absolute Gasteiger partial charge is 0.299 e. The molecule has 0 heterocycles. The summed E-state index contributed by atoms with van der Waals surface area (Å²) in [6, 6.07) is 1.97. The Hall–Kier alpha value is -3.97. The van der Waals surface area contributed by atoms with Gasteiger partial charge in [-0.05, 0) is 18.9 Å². The van der Waals surface area contributed by atoms with Gasteiger partial charge in [-0.3, -0.25) is 34.8 Å². The number of carbonyl (C=O) groups is 2. The Bertz CT molecular complexity index is 792. The first-order chi connectivity index (χ1) is 13.1. The minimum atomic E-state index is -0.977. The van der Waals surface area contributed by atoms with Crippen LogP contribution in [-0.4, -0.2) is 46.8 Å². The molecule has 1 atom stereocenters. The Morgan fingerprint density at radius 1 is 1.14 bits per heavy atom. The van der Waals surface area contributed by atoms with Crippen molar-refractivity contribution in [2.24, 2.45) is 22.2 Å². The lowest BCUT2D eigenvalue weighted by Gasteiger charge is -2.15. The Labute approximate surface area is 158 Å². The number of non-ortho nitro benzene ring substituents is 1. The number of hydrogen-bond acceptors (Lipinski definition) is 8. The van der Waals surface area contributed by atoms with Crippen molar-refractivity contribution in [2.45, 2.75) is 18.9 Å². The molecular formula is C14H20N8O6. The lowest BCUT2D eigenvalue weighted by Crippen LogP contribution is -2.46. The number of nitrogens with zero attached hydrogens (tertiary/aromatic N) is 3. The molecule has 0 aliphatic rings. The highest BCUT2D eigenvalue weighted by atomic mass is 16.6. The molecule has 0 bridgehead atoms. The molecule has 1 unspecified atom stereocenters. The van der Waals surface area contributed by atoms with E-state index in [4.69, 9.17) is 17.2 Å². The fourth-order valence-electron chi connectivity index (χ4n) is 2.14. The van der Waals surface area contributed by atoms with E-state index < -0.39 is 45.6 Å². The summed E-state index contributed by atoms with van der Waals surface area (Å²) in [4.78, 5) is 47.4. The molecule has 0 saturated heterocycles. The summed E-state index contributed by atoms with van der Waals surface area (Å²) in [6.45, 7) is -0.175. The average Bonchev–Trinajstić information content (AvgIpc) is 2.61. The molecule has 0 saturated carbocycles. The van der Waals surface area contributed by atoms with Crippen LogP contribution in [0.15, 0.2) is 23.2 Å². The van der Waals surface area contributed by atoms with Crippen LogP contribution in [0.3, 0.4) is 0 Å². The molecule has 1 rings (SSSR count). The summed E-state index contributed by atoms with van der Waals surface area (Å²) in [5.41, 5.74) is 14.5. The molecule has 14 nitrogen and oxygen atoms in total. The molecule has 152 valence electrons. The molecule has 0 radical (unpaired) electrons. The summed E-state index contributed by atoms with van der Waals surface area (Å²) < 4.78 is 0. The maximum Gasteiger partial charge on any atom is 0.299 e. The standard InChI is InChI=1S/C14H20N8O6/c15-13(24)10(2-1-5-18-14(16)17)20-12(23)7-19-9-4-3-8(21(25)26)6-11(9)22(27)28/h3-4,6,10,19H,1-2,5,7H2,(H2,15,24)(H,20,23)(H4,16,17,18). The van der Waals surface area contributed by atoms with Gasteiger partial charge in [-0.25, -0.2) is 0 Å². The van der Waals surface area contributed by atoms with Crippen molar-refractivity contribution in [1.82, 2.24) is 5.32 Å². The van der Waals surface area contributed by atoms with Crippen LogP contribution in [0.2, 0.25) is 0 Å². The molecule has 1 aromatic carbocycles. The van der Waals surface area contributed by atoms with Gasteiger partial charge in [-0.1, -0.05) is 0 Å². The van der Waals surface area contributed by atoms with Crippen LogP contribution in [0, 0.1) is 20.2 Å². The lowest BCUT2D eigenvalue weighted by atomic mass is 10.1. The van der Waals surface area contributed by atoms with E-state index in [1.807, 2.05) is 0 Å². The van der Waals surface area contributed by atoms with Gasteiger partial charge in [-0.15, -0.1) is 0 Å². The third kappa shape index (κ3) is 7.11. The average molecular weight is 396 g/mol. The number of primary amides is 1. The van der Waals surface area contributed by atoms with Crippen molar-refractivity contribution in [3.63, 3.8) is 0 Å². The van der Waals surface area contributed by atoms with Gasteiger partial charge in [0, 0.05) is 12.6 Å². The SMILES string of the molecule is NC(=O)C(CCCN=C(N)N)NC(=O)CNc1ccc([N+](=O)[O-])cc1[N+](=O)[O-]. The van der Waals surface area contributed by atoms with Gasteiger partial charge in [0.25, 0.3) is 11.4 Å². The molecule has 14 heteroatoms. The van der Waals surface area contributed by atoms with Crippen LogP contribution in [0.5, 0.6) is 0 Å². The van der Waals surface area contributed by atoms with E-state index >= 15 is 0 Å². The van der Waals surface area contributed by atoms with Crippen LogP contribution in [-0.2, 0) is 9.59 Å². The normalized spacial score (nSPS) is 11.1. The van der Waals surface area contributed by atoms with E-state index in [1.165, 1.54) is 0 Å². The number of aliphatic imine (C=N–C) groups is 1. The predicted octanol–water partition coefficient (Wildman–Crippen LogP) is -1.06. The van der Waals surface area contributed by atoms with Crippen LogP contribution in [0.1, 0.15) is 12.8 Å². The summed E-state index contributed by atoms with van der Waals surface area (Å²) >= 11 is 0. The van der Waals surface area contributed by atoms with Gasteiger partial charge in [0.1, 0.15) is 11.7 Å². The third-order valence-electron chi connectivity index (χ3n) is 3.45. The molecule has 8 N–H and O–H groups in total. The molecule has 28 heavy (non-hydrogen) atoms. The number of nitro benzene ring substituents is 2. The monoisotopic (exact) mass is 396 g/mol. The van der Waals surface area contributed by atoms with Crippen molar-refractivity contribution in [3.05, 3.63) is 38.4 Å². The summed E-state index contributed by atoms with van der Waals surface area (Å²) in [6.07, 6.45) is 0.572. The van der Waals surface area contributed by atoms with Crippen LogP contribution >= 0.6 is 0 Å². The third-order valence-corrected chi connectivity index (χ3v) is 3.45. The van der Waals surface area contributed by atoms with Gasteiger partial charge in [0.2, 0.25) is 11.8 Å². The maximum atomic E-state index is 12.0. The number of benzene rings is 1. The van der Waals surface area contributed by atoms with Crippen molar-refractivity contribution < 1.29 is 19.4 Å². The highest BCUT2D eigenvalue weighted by Crippen LogP contribution is 2.28. The Balaban J connectivity index is 2.69. The quantitative estimate of drug-likeness (QED) is 0.101. The van der Waals surface area contributed by atoms with Crippen LogP contribution in [0.25, 0.3) is 0 Å². The molecule has 0 aromatic heterocycles. The van der Waals surface area contributed by atoms with E-state index in [0.717, 1.165) is 18.2 Å². The topological polar surface area (TPSA) is 235 Å². The number of amides is 2. The fourth-order valence-corrected chi connectivity index (χ4v) is 2.14. The molecule has 1 aromatic rings. The molecule has 0 fully saturated rings. The number of rotatable bonds is 11. The van der Waals surface area contributed by atoms with Gasteiger partial charge in [0.05, 0.1) is 22.5 Å². The van der Waals surface area contributed by atoms with E-state index in [2.05, 4.69) is 15.6 Å². The number of nitrogens with one attached hydrogen (secondary N) is 2. The first-order valence-electron chi connectivity index (χ1n) is 7.92. The number of nitro groups is 2. The Kier molecular flexibility index (Phi) is 8.08. The van der Waals surface area contributed by atoms with Crippen molar-refractivity contribution in [3.8, 4) is 0 Å². The molecular weight excluding hydrogens is 376 g/mol. The van der Waals surface area contributed by atoms with Crippen molar-refractivity contribution >= 4 is 34.8 Å². The highest BCUT2D eigenvalue weighted by molar-refractivity contribution is 5.88. The van der Waals surface area contributed by atoms with Gasteiger partial charge >= 0.3 is 0 Å². The van der Waals surface area contributed by atoms with Gasteiger partial charge in [-0.2, -0.15) is 0 Å². The second-order valence-electron chi connectivity index (χ2n) is 5.54. The zero-order chi connectivity index (χ0) is 21.3. The first kappa shape index (κ1) is 22.1. The zero-order valence-corrected chi connectivity index (χ0v) is 14.7. The molecule has 0 spiro atoms. The fraction of sp³-hybridized carbons (Fsp3) is 0.357. The largest absolute Gasteiger partial charge is 0.371 e. The Morgan fingerprint density at radius 2 is 1.82 bits per heavy atom. The molecule has 0 aliphatic heterocycles. The number of carbonyl (C=O) groups excluding carboxylic acids is 2. The van der Waals surface area contributed by atoms with E-state index in [1.54, 1.807) is 0 Å². The van der Waals surface area contributed by atoms with Gasteiger partial charge < -0.3 is 27.8 Å². The second kappa shape index (κ2) is 10.2. The summed E-state index contributed by atoms with van der Waals surface area (Å²) in [5, 5.41) is 26.7. The first-order valence-corrected chi connectivity index (χ1v) is 7.92. The zero-order valence-electron chi connectivity index (χ0n) is 14.7. The van der Waals surface area contributed by atoms with E-state index in [-0.39, 0.29) is 24.6 Å². The maximum absolute atomic E-state index is 12.0. The number of nitrogens with two attached hydrogens (primary N) is 3. The minimum absolute atomic E-state index is 0.0888. The molecule has 0 aliphatic carbocycles. The van der Waals surface area contributed by atoms with Crippen LogP contribution < -0.4 is 27.8 Å². The highest BCUT2D eigenvalue weighted by Gasteiger charge is 2.21. The van der Waals surface area contributed by atoms with Crippen LogP contribution in [0.4, 0.5) is 17.1 Å². The summed E-state index contributed by atoms with van der Waals surface area (Å²) in [5.74, 6) is -1.52. The van der Waals surface area contributed by atoms with E-state index in [9.17, 15) is 29.8 Å². The molecule has 2 amide bonds. The summed E-state index contributed by atoms with van der Waals surface area (Å²) in [7, 11) is 0. The number of guanidine groups is 1.